The SMILES string of the molecule is CCn1cc(C(=O)C=Cc2ccc(-c3cc([N+](=O)[O-])ccc3Cl)o2)c(C)n1. The molecule has 0 fully saturated rings. The van der Waals surface area contributed by atoms with Crippen molar-refractivity contribution < 1.29 is 14.1 Å². The molecule has 0 aliphatic heterocycles. The second-order valence-corrected chi connectivity index (χ2v) is 6.21. The van der Waals surface area contributed by atoms with Gasteiger partial charge in [0, 0.05) is 30.4 Å². The van der Waals surface area contributed by atoms with E-state index in [-0.39, 0.29) is 11.5 Å². The fraction of sp³-hybridized carbons (Fsp3) is 0.158. The molecular weight excluding hydrogens is 370 g/mol. The molecule has 0 bridgehead atoms. The van der Waals surface area contributed by atoms with Crippen molar-refractivity contribution in [3.8, 4) is 11.3 Å². The van der Waals surface area contributed by atoms with E-state index in [0.29, 0.717) is 39.9 Å². The van der Waals surface area contributed by atoms with E-state index in [1.807, 2.05) is 6.92 Å². The van der Waals surface area contributed by atoms with Crippen molar-refractivity contribution in [1.82, 2.24) is 9.78 Å². The number of allylic oxidation sites excluding steroid dienone is 1. The van der Waals surface area contributed by atoms with Crippen LogP contribution >= 0.6 is 11.6 Å². The summed E-state index contributed by atoms with van der Waals surface area (Å²) < 4.78 is 7.36. The first-order valence-corrected chi connectivity index (χ1v) is 8.57. The van der Waals surface area contributed by atoms with E-state index in [0.717, 1.165) is 0 Å². The van der Waals surface area contributed by atoms with Gasteiger partial charge in [-0.15, -0.1) is 0 Å². The number of non-ortho nitro benzene ring substituents is 1. The third-order valence-corrected chi connectivity index (χ3v) is 4.32. The minimum Gasteiger partial charge on any atom is -0.457 e. The van der Waals surface area contributed by atoms with Gasteiger partial charge < -0.3 is 4.42 Å². The Morgan fingerprint density at radius 3 is 2.81 bits per heavy atom. The van der Waals surface area contributed by atoms with Crippen LogP contribution in [0.4, 0.5) is 5.69 Å². The van der Waals surface area contributed by atoms with E-state index in [2.05, 4.69) is 5.10 Å². The number of nitro groups is 1. The summed E-state index contributed by atoms with van der Waals surface area (Å²) in [4.78, 5) is 22.8. The van der Waals surface area contributed by atoms with E-state index in [1.165, 1.54) is 24.3 Å². The molecule has 0 atom stereocenters. The molecule has 0 saturated carbocycles. The van der Waals surface area contributed by atoms with E-state index >= 15 is 0 Å². The van der Waals surface area contributed by atoms with Gasteiger partial charge >= 0.3 is 0 Å². The first-order valence-electron chi connectivity index (χ1n) is 8.19. The number of hydrogen-bond acceptors (Lipinski definition) is 5. The molecule has 7 nitrogen and oxygen atoms in total. The van der Waals surface area contributed by atoms with Crippen LogP contribution in [-0.2, 0) is 6.54 Å². The van der Waals surface area contributed by atoms with Crippen LogP contribution in [0, 0.1) is 17.0 Å². The fourth-order valence-corrected chi connectivity index (χ4v) is 2.78. The average molecular weight is 386 g/mol. The lowest BCUT2D eigenvalue weighted by molar-refractivity contribution is -0.384. The molecule has 0 amide bonds. The van der Waals surface area contributed by atoms with Gasteiger partial charge in [0.15, 0.2) is 5.78 Å². The Balaban J connectivity index is 1.83. The Bertz CT molecular complexity index is 1050. The number of aryl methyl sites for hydroxylation is 2. The van der Waals surface area contributed by atoms with E-state index in [1.54, 1.807) is 36.0 Å². The molecule has 2 heterocycles. The number of benzene rings is 1. The Kier molecular flexibility index (Phi) is 5.23. The highest BCUT2D eigenvalue weighted by molar-refractivity contribution is 6.33. The highest BCUT2D eigenvalue weighted by Gasteiger charge is 2.14. The predicted octanol–water partition coefficient (Wildman–Crippen LogP) is 4.93. The topological polar surface area (TPSA) is 91.2 Å². The standard InChI is InChI=1S/C19H16ClN3O4/c1-3-22-11-16(12(2)21-22)18(24)8-5-14-6-9-19(27-14)15-10-13(23(25)26)4-7-17(15)20/h4-11H,3H2,1-2H3. The van der Waals surface area contributed by atoms with Gasteiger partial charge in [0.2, 0.25) is 0 Å². The highest BCUT2D eigenvalue weighted by atomic mass is 35.5. The molecule has 0 aliphatic carbocycles. The summed E-state index contributed by atoms with van der Waals surface area (Å²) in [5, 5.41) is 15.5. The van der Waals surface area contributed by atoms with Gasteiger partial charge in [-0.05, 0) is 44.2 Å². The number of furan rings is 1. The molecule has 0 spiro atoms. The van der Waals surface area contributed by atoms with Gasteiger partial charge in [-0.1, -0.05) is 11.6 Å². The molecule has 138 valence electrons. The van der Waals surface area contributed by atoms with Crippen molar-refractivity contribution >= 4 is 29.1 Å². The molecule has 2 aromatic heterocycles. The maximum Gasteiger partial charge on any atom is 0.270 e. The van der Waals surface area contributed by atoms with Crippen LogP contribution in [-0.4, -0.2) is 20.5 Å². The molecule has 0 unspecified atom stereocenters. The molecule has 0 N–H and O–H groups in total. The fourth-order valence-electron chi connectivity index (χ4n) is 2.57. The molecule has 0 saturated heterocycles. The van der Waals surface area contributed by atoms with Crippen LogP contribution < -0.4 is 0 Å². The molecule has 27 heavy (non-hydrogen) atoms. The Morgan fingerprint density at radius 2 is 2.15 bits per heavy atom. The van der Waals surface area contributed by atoms with Gasteiger partial charge in [-0.2, -0.15) is 5.10 Å². The van der Waals surface area contributed by atoms with E-state index in [4.69, 9.17) is 16.0 Å². The molecule has 1 aromatic carbocycles. The average Bonchev–Trinajstić information content (AvgIpc) is 3.26. The Hall–Kier alpha value is -3.19. The number of ketones is 1. The third kappa shape index (κ3) is 3.98. The number of nitrogens with zero attached hydrogens (tertiary/aromatic N) is 3. The van der Waals surface area contributed by atoms with Crippen molar-refractivity contribution in [2.75, 3.05) is 0 Å². The number of carbonyl (C=O) groups excluding carboxylic acids is 1. The van der Waals surface area contributed by atoms with Crippen LogP contribution in [0.2, 0.25) is 5.02 Å². The van der Waals surface area contributed by atoms with Crippen molar-refractivity contribution in [3.05, 3.63) is 74.8 Å². The van der Waals surface area contributed by atoms with Crippen LogP contribution in [0.5, 0.6) is 0 Å². The lowest BCUT2D eigenvalue weighted by Crippen LogP contribution is -1.94. The molecule has 3 rings (SSSR count). The minimum absolute atomic E-state index is 0.0820. The summed E-state index contributed by atoms with van der Waals surface area (Å²) in [5.41, 5.74) is 1.52. The van der Waals surface area contributed by atoms with Gasteiger partial charge in [-0.3, -0.25) is 19.6 Å². The summed E-state index contributed by atoms with van der Waals surface area (Å²) in [7, 11) is 0. The molecule has 8 heteroatoms. The quantitative estimate of drug-likeness (QED) is 0.259. The van der Waals surface area contributed by atoms with Gasteiger partial charge in [-0.25, -0.2) is 0 Å². The summed E-state index contributed by atoms with van der Waals surface area (Å²) >= 11 is 6.12. The zero-order valence-electron chi connectivity index (χ0n) is 14.7. The number of aromatic nitrogens is 2. The Labute approximate surface area is 160 Å². The summed E-state index contributed by atoms with van der Waals surface area (Å²) in [6.07, 6.45) is 4.65. The van der Waals surface area contributed by atoms with Crippen molar-refractivity contribution in [1.29, 1.82) is 0 Å². The molecule has 3 aromatic rings. The lowest BCUT2D eigenvalue weighted by Gasteiger charge is -2.00. The summed E-state index contributed by atoms with van der Waals surface area (Å²) in [6, 6.07) is 7.44. The zero-order valence-corrected chi connectivity index (χ0v) is 15.4. The van der Waals surface area contributed by atoms with Crippen LogP contribution in [0.3, 0.4) is 0 Å². The third-order valence-electron chi connectivity index (χ3n) is 3.99. The van der Waals surface area contributed by atoms with Crippen molar-refractivity contribution in [2.45, 2.75) is 20.4 Å². The summed E-state index contributed by atoms with van der Waals surface area (Å²) in [5.74, 6) is 0.630. The van der Waals surface area contributed by atoms with Crippen LogP contribution in [0.1, 0.15) is 28.7 Å². The van der Waals surface area contributed by atoms with Gasteiger partial charge in [0.1, 0.15) is 11.5 Å². The van der Waals surface area contributed by atoms with Gasteiger partial charge in [0.25, 0.3) is 5.69 Å². The van der Waals surface area contributed by atoms with Gasteiger partial charge in [0.05, 0.1) is 21.2 Å². The van der Waals surface area contributed by atoms with Crippen LogP contribution in [0.15, 0.2) is 47.0 Å². The number of halogens is 1. The van der Waals surface area contributed by atoms with E-state index in [9.17, 15) is 14.9 Å². The number of nitro benzene ring substituents is 1. The van der Waals surface area contributed by atoms with Crippen molar-refractivity contribution in [2.24, 2.45) is 0 Å². The minimum atomic E-state index is -0.499. The lowest BCUT2D eigenvalue weighted by atomic mass is 10.1. The molecular formula is C19H16ClN3O4. The summed E-state index contributed by atoms with van der Waals surface area (Å²) in [6.45, 7) is 4.41. The first kappa shape index (κ1) is 18.6. The highest BCUT2D eigenvalue weighted by Crippen LogP contribution is 2.32. The second kappa shape index (κ2) is 7.59. The van der Waals surface area contributed by atoms with E-state index < -0.39 is 4.92 Å². The molecule has 0 radical (unpaired) electrons. The normalized spacial score (nSPS) is 11.2. The number of carbonyl (C=O) groups is 1. The van der Waals surface area contributed by atoms with Crippen LogP contribution in [0.25, 0.3) is 17.4 Å². The smallest absolute Gasteiger partial charge is 0.270 e. The largest absolute Gasteiger partial charge is 0.457 e. The second-order valence-electron chi connectivity index (χ2n) is 5.80. The zero-order chi connectivity index (χ0) is 19.6. The number of rotatable bonds is 6. The molecule has 0 aliphatic rings. The monoisotopic (exact) mass is 385 g/mol. The van der Waals surface area contributed by atoms with Crippen molar-refractivity contribution in [3.63, 3.8) is 0 Å². The predicted molar refractivity (Wildman–Crippen MR) is 102 cm³/mol. The first-order chi connectivity index (χ1) is 12.9. The number of hydrogen-bond donors (Lipinski definition) is 0. The maximum absolute atomic E-state index is 12.3. The maximum atomic E-state index is 12.3. The Morgan fingerprint density at radius 1 is 1.37 bits per heavy atom.